The third kappa shape index (κ3) is 2.50. The molecule has 0 aliphatic rings. The first-order chi connectivity index (χ1) is 8.03. The van der Waals surface area contributed by atoms with Gasteiger partial charge in [-0.3, -0.25) is 0 Å². The lowest BCUT2D eigenvalue weighted by Crippen LogP contribution is -2.36. The lowest BCUT2D eigenvalue weighted by Gasteiger charge is -2.27. The first-order valence-electron chi connectivity index (χ1n) is 5.42. The normalized spacial score (nSPS) is 11.9. The molecule has 0 aliphatic heterocycles. The van der Waals surface area contributed by atoms with Gasteiger partial charge in [0.1, 0.15) is 5.52 Å². The van der Waals surface area contributed by atoms with Crippen LogP contribution in [0.25, 0.3) is 10.2 Å². The molecule has 0 saturated carbocycles. The third-order valence-electron chi connectivity index (χ3n) is 2.52. The molecule has 1 aromatic heterocycles. The van der Waals surface area contributed by atoms with Gasteiger partial charge < -0.3 is 15.8 Å². The number of nitrogens with one attached hydrogen (secondary N) is 1. The maximum atomic E-state index is 6.11. The standard InChI is InChI=1S/C12H17N3OS/c1-12(2,6-16-3)15-8-4-5-9-11(10(8)13)14-7-17-9/h4-5,7,15H,6,13H2,1-3H3. The van der Waals surface area contributed by atoms with Crippen molar-refractivity contribution >= 4 is 32.9 Å². The second kappa shape index (κ2) is 4.50. The van der Waals surface area contributed by atoms with Gasteiger partial charge in [0.25, 0.3) is 0 Å². The minimum absolute atomic E-state index is 0.160. The Hall–Kier alpha value is -1.33. The van der Waals surface area contributed by atoms with Crippen molar-refractivity contribution in [2.75, 3.05) is 24.8 Å². The Labute approximate surface area is 105 Å². The molecule has 0 saturated heterocycles. The monoisotopic (exact) mass is 251 g/mol. The Balaban J connectivity index is 2.33. The fourth-order valence-electron chi connectivity index (χ4n) is 1.82. The summed E-state index contributed by atoms with van der Waals surface area (Å²) in [5.74, 6) is 0. The predicted octanol–water partition coefficient (Wildman–Crippen LogP) is 2.72. The van der Waals surface area contributed by atoms with Gasteiger partial charge >= 0.3 is 0 Å². The molecule has 0 amide bonds. The summed E-state index contributed by atoms with van der Waals surface area (Å²) in [6.45, 7) is 4.75. The van der Waals surface area contributed by atoms with Gasteiger partial charge in [0.2, 0.25) is 0 Å². The van der Waals surface area contributed by atoms with E-state index in [0.29, 0.717) is 12.3 Å². The summed E-state index contributed by atoms with van der Waals surface area (Å²) in [6, 6.07) is 4.03. The van der Waals surface area contributed by atoms with Gasteiger partial charge in [-0.2, -0.15) is 0 Å². The number of fused-ring (bicyclic) bond motifs is 1. The van der Waals surface area contributed by atoms with Crippen molar-refractivity contribution in [2.45, 2.75) is 19.4 Å². The zero-order chi connectivity index (χ0) is 12.5. The van der Waals surface area contributed by atoms with E-state index in [1.54, 1.807) is 18.4 Å². The molecule has 0 radical (unpaired) electrons. The molecule has 4 nitrogen and oxygen atoms in total. The van der Waals surface area contributed by atoms with Crippen LogP contribution in [-0.4, -0.2) is 24.2 Å². The minimum atomic E-state index is -0.160. The molecule has 0 spiro atoms. The van der Waals surface area contributed by atoms with E-state index in [-0.39, 0.29) is 5.54 Å². The van der Waals surface area contributed by atoms with Gasteiger partial charge in [0.15, 0.2) is 0 Å². The topological polar surface area (TPSA) is 60.2 Å². The Morgan fingerprint density at radius 1 is 1.47 bits per heavy atom. The van der Waals surface area contributed by atoms with Crippen LogP contribution in [0, 0.1) is 0 Å². The molecule has 0 unspecified atom stereocenters. The van der Waals surface area contributed by atoms with Crippen molar-refractivity contribution < 1.29 is 4.74 Å². The number of anilines is 2. The van der Waals surface area contributed by atoms with E-state index >= 15 is 0 Å². The number of aromatic nitrogens is 1. The van der Waals surface area contributed by atoms with E-state index in [9.17, 15) is 0 Å². The number of nitrogens with two attached hydrogens (primary N) is 1. The van der Waals surface area contributed by atoms with Crippen molar-refractivity contribution in [3.63, 3.8) is 0 Å². The average molecular weight is 251 g/mol. The van der Waals surface area contributed by atoms with E-state index in [0.717, 1.165) is 15.9 Å². The van der Waals surface area contributed by atoms with Gasteiger partial charge in [-0.1, -0.05) is 0 Å². The zero-order valence-corrected chi connectivity index (χ0v) is 11.1. The second-order valence-corrected chi connectivity index (χ2v) is 5.55. The number of ether oxygens (including phenoxy) is 1. The summed E-state index contributed by atoms with van der Waals surface area (Å²) < 4.78 is 6.28. The second-order valence-electron chi connectivity index (χ2n) is 4.67. The van der Waals surface area contributed by atoms with Crippen molar-refractivity contribution in [2.24, 2.45) is 0 Å². The molecule has 0 aliphatic carbocycles. The van der Waals surface area contributed by atoms with Gasteiger partial charge in [-0.05, 0) is 26.0 Å². The Bertz CT molecular complexity index is 521. The maximum absolute atomic E-state index is 6.11. The Morgan fingerprint density at radius 3 is 2.94 bits per heavy atom. The van der Waals surface area contributed by atoms with E-state index in [4.69, 9.17) is 10.5 Å². The van der Waals surface area contributed by atoms with E-state index in [1.807, 2.05) is 17.6 Å². The van der Waals surface area contributed by atoms with Crippen LogP contribution in [0.4, 0.5) is 11.4 Å². The highest BCUT2D eigenvalue weighted by molar-refractivity contribution is 7.16. The molecular formula is C12H17N3OS. The Kier molecular flexibility index (Phi) is 3.22. The van der Waals surface area contributed by atoms with E-state index < -0.39 is 0 Å². The largest absolute Gasteiger partial charge is 0.395 e. The Morgan fingerprint density at radius 2 is 2.24 bits per heavy atom. The van der Waals surface area contributed by atoms with Gasteiger partial charge in [-0.15, -0.1) is 11.3 Å². The van der Waals surface area contributed by atoms with E-state index in [1.165, 1.54) is 0 Å². The maximum Gasteiger partial charge on any atom is 0.106 e. The van der Waals surface area contributed by atoms with Gasteiger partial charge in [-0.25, -0.2) is 4.98 Å². The van der Waals surface area contributed by atoms with Crippen LogP contribution < -0.4 is 11.1 Å². The number of nitrogen functional groups attached to an aromatic ring is 1. The van der Waals surface area contributed by atoms with Crippen LogP contribution in [0.5, 0.6) is 0 Å². The fraction of sp³-hybridized carbons (Fsp3) is 0.417. The molecular weight excluding hydrogens is 234 g/mol. The van der Waals surface area contributed by atoms with Crippen molar-refractivity contribution in [1.82, 2.24) is 4.98 Å². The minimum Gasteiger partial charge on any atom is -0.395 e. The molecule has 2 aromatic rings. The number of hydrogen-bond donors (Lipinski definition) is 2. The summed E-state index contributed by atoms with van der Waals surface area (Å²) >= 11 is 1.59. The molecule has 2 rings (SSSR count). The lowest BCUT2D eigenvalue weighted by molar-refractivity contribution is 0.158. The number of thiazole rings is 1. The third-order valence-corrected chi connectivity index (χ3v) is 3.31. The van der Waals surface area contributed by atoms with Crippen molar-refractivity contribution in [3.05, 3.63) is 17.6 Å². The SMILES string of the molecule is COCC(C)(C)Nc1ccc2scnc2c1N. The smallest absolute Gasteiger partial charge is 0.106 e. The number of nitrogens with zero attached hydrogens (tertiary/aromatic N) is 1. The molecule has 1 heterocycles. The summed E-state index contributed by atoms with van der Waals surface area (Å²) in [5.41, 5.74) is 10.2. The average Bonchev–Trinajstić information content (AvgIpc) is 2.70. The molecule has 0 atom stereocenters. The van der Waals surface area contributed by atoms with Crippen molar-refractivity contribution in [1.29, 1.82) is 0 Å². The summed E-state index contributed by atoms with van der Waals surface area (Å²) in [7, 11) is 1.69. The van der Waals surface area contributed by atoms with Crippen molar-refractivity contribution in [3.8, 4) is 0 Å². The summed E-state index contributed by atoms with van der Waals surface area (Å²) in [5, 5.41) is 3.38. The fourth-order valence-corrected chi connectivity index (χ4v) is 2.52. The predicted molar refractivity (Wildman–Crippen MR) is 73.6 cm³/mol. The zero-order valence-electron chi connectivity index (χ0n) is 10.3. The highest BCUT2D eigenvalue weighted by Gasteiger charge is 2.19. The van der Waals surface area contributed by atoms with Gasteiger partial charge in [0.05, 0.1) is 33.7 Å². The highest BCUT2D eigenvalue weighted by atomic mass is 32.1. The van der Waals surface area contributed by atoms with Gasteiger partial charge in [0, 0.05) is 7.11 Å². The van der Waals surface area contributed by atoms with Crippen LogP contribution >= 0.6 is 11.3 Å². The number of hydrogen-bond acceptors (Lipinski definition) is 5. The molecule has 92 valence electrons. The quantitative estimate of drug-likeness (QED) is 0.820. The van der Waals surface area contributed by atoms with Crippen LogP contribution in [0.1, 0.15) is 13.8 Å². The molecule has 0 fully saturated rings. The van der Waals surface area contributed by atoms with E-state index in [2.05, 4.69) is 24.1 Å². The lowest BCUT2D eigenvalue weighted by atomic mass is 10.1. The first kappa shape index (κ1) is 12.1. The number of methoxy groups -OCH3 is 1. The molecule has 0 bridgehead atoms. The molecule has 5 heteroatoms. The number of benzene rings is 1. The van der Waals surface area contributed by atoms with Crippen LogP contribution in [0.2, 0.25) is 0 Å². The summed E-state index contributed by atoms with van der Waals surface area (Å²) in [4.78, 5) is 4.28. The van der Waals surface area contributed by atoms with Crippen LogP contribution in [0.15, 0.2) is 17.6 Å². The van der Waals surface area contributed by atoms with Crippen LogP contribution in [-0.2, 0) is 4.74 Å². The first-order valence-corrected chi connectivity index (χ1v) is 6.30. The molecule has 17 heavy (non-hydrogen) atoms. The van der Waals surface area contributed by atoms with Crippen LogP contribution in [0.3, 0.4) is 0 Å². The molecule has 1 aromatic carbocycles. The molecule has 3 N–H and O–H groups in total. The summed E-state index contributed by atoms with van der Waals surface area (Å²) in [6.07, 6.45) is 0. The highest BCUT2D eigenvalue weighted by Crippen LogP contribution is 2.31. The number of rotatable bonds is 4.